The zero-order chi connectivity index (χ0) is 21.1. The first kappa shape index (κ1) is 19.8. The molecule has 0 unspecified atom stereocenters. The van der Waals surface area contributed by atoms with E-state index in [0.29, 0.717) is 24.5 Å². The summed E-state index contributed by atoms with van der Waals surface area (Å²) in [6.45, 7) is 5.06. The Morgan fingerprint density at radius 3 is 2.77 bits per heavy atom. The van der Waals surface area contributed by atoms with Gasteiger partial charge in [0.1, 0.15) is 5.69 Å². The van der Waals surface area contributed by atoms with Crippen LogP contribution in [0, 0.1) is 19.8 Å². The van der Waals surface area contributed by atoms with Crippen molar-refractivity contribution in [2.24, 2.45) is 5.92 Å². The molecule has 2 amide bonds. The Hall–Kier alpha value is -3.48. The number of aryl methyl sites for hydroxylation is 1. The second kappa shape index (κ2) is 8.49. The number of aromatic amines is 1. The first-order valence-corrected chi connectivity index (χ1v) is 10.1. The Morgan fingerprint density at radius 1 is 1.17 bits per heavy atom. The molecule has 1 fully saturated rings. The molecule has 154 valence electrons. The van der Waals surface area contributed by atoms with Gasteiger partial charge in [-0.05, 0) is 62.1 Å². The van der Waals surface area contributed by atoms with Gasteiger partial charge in [0.2, 0.25) is 5.91 Å². The van der Waals surface area contributed by atoms with Gasteiger partial charge in [-0.3, -0.25) is 19.7 Å². The normalized spacial score (nSPS) is 16.3. The third-order valence-electron chi connectivity index (χ3n) is 5.73. The van der Waals surface area contributed by atoms with E-state index >= 15 is 0 Å². The fraction of sp³-hybridized carbons (Fsp3) is 0.304. The van der Waals surface area contributed by atoms with Gasteiger partial charge in [-0.2, -0.15) is 5.10 Å². The van der Waals surface area contributed by atoms with Crippen molar-refractivity contribution in [2.75, 3.05) is 18.4 Å². The van der Waals surface area contributed by atoms with Crippen molar-refractivity contribution in [3.05, 3.63) is 65.6 Å². The molecule has 0 radical (unpaired) electrons. The lowest BCUT2D eigenvalue weighted by Gasteiger charge is -2.31. The van der Waals surface area contributed by atoms with E-state index in [9.17, 15) is 9.59 Å². The summed E-state index contributed by atoms with van der Waals surface area (Å²) < 4.78 is 0. The van der Waals surface area contributed by atoms with Crippen LogP contribution < -0.4 is 5.32 Å². The molecule has 1 atom stereocenters. The first-order chi connectivity index (χ1) is 14.5. The lowest BCUT2D eigenvalue weighted by molar-refractivity contribution is -0.121. The number of amides is 2. The highest BCUT2D eigenvalue weighted by Crippen LogP contribution is 2.24. The Morgan fingerprint density at radius 2 is 1.97 bits per heavy atom. The van der Waals surface area contributed by atoms with Crippen LogP contribution in [0.15, 0.2) is 48.8 Å². The number of carbonyl (C=O) groups is 2. The molecule has 1 saturated heterocycles. The molecule has 0 saturated carbocycles. The fourth-order valence-corrected chi connectivity index (χ4v) is 3.77. The number of aromatic nitrogens is 3. The van der Waals surface area contributed by atoms with Gasteiger partial charge in [-0.25, -0.2) is 0 Å². The van der Waals surface area contributed by atoms with Crippen LogP contribution in [-0.4, -0.2) is 45.0 Å². The van der Waals surface area contributed by atoms with Crippen LogP contribution in [0.5, 0.6) is 0 Å². The predicted molar refractivity (Wildman–Crippen MR) is 115 cm³/mol. The maximum Gasteiger partial charge on any atom is 0.271 e. The van der Waals surface area contributed by atoms with E-state index in [2.05, 4.69) is 20.5 Å². The Bertz CT molecular complexity index is 1060. The molecule has 1 aliphatic rings. The van der Waals surface area contributed by atoms with Crippen LogP contribution >= 0.6 is 0 Å². The molecule has 0 aliphatic carbocycles. The average molecular weight is 403 g/mol. The van der Waals surface area contributed by atoms with E-state index in [-0.39, 0.29) is 17.7 Å². The molecule has 1 aliphatic heterocycles. The van der Waals surface area contributed by atoms with E-state index in [0.717, 1.165) is 35.2 Å². The Labute approximate surface area is 175 Å². The van der Waals surface area contributed by atoms with Crippen LogP contribution in [0.3, 0.4) is 0 Å². The van der Waals surface area contributed by atoms with Crippen molar-refractivity contribution >= 4 is 17.5 Å². The molecule has 2 N–H and O–H groups in total. The van der Waals surface area contributed by atoms with Crippen LogP contribution in [0.2, 0.25) is 0 Å². The standard InChI is InChI=1S/C23H25N5O2/c1-15-5-3-7-19(16(15)2)25-22(29)18-6-4-12-28(14-18)23(30)21-13-20(26-27-21)17-8-10-24-11-9-17/h3,5,7-11,13,18H,4,6,12,14H2,1-2H3,(H,25,29)(H,26,27)/t18-/m0/s1. The van der Waals surface area contributed by atoms with Crippen LogP contribution in [0.1, 0.15) is 34.5 Å². The van der Waals surface area contributed by atoms with Gasteiger partial charge in [0.25, 0.3) is 5.91 Å². The van der Waals surface area contributed by atoms with Gasteiger partial charge in [-0.15, -0.1) is 0 Å². The Balaban J connectivity index is 1.43. The molecule has 0 spiro atoms. The van der Waals surface area contributed by atoms with Gasteiger partial charge in [-0.1, -0.05) is 12.1 Å². The average Bonchev–Trinajstić information content (AvgIpc) is 3.27. The quantitative estimate of drug-likeness (QED) is 0.697. The lowest BCUT2D eigenvalue weighted by Crippen LogP contribution is -2.44. The summed E-state index contributed by atoms with van der Waals surface area (Å²) in [7, 11) is 0. The van der Waals surface area contributed by atoms with E-state index in [1.54, 1.807) is 23.4 Å². The third-order valence-corrected chi connectivity index (χ3v) is 5.73. The van der Waals surface area contributed by atoms with Crippen LogP contribution in [-0.2, 0) is 4.79 Å². The smallest absolute Gasteiger partial charge is 0.271 e. The number of piperidine rings is 1. The summed E-state index contributed by atoms with van der Waals surface area (Å²) in [6, 6.07) is 11.3. The summed E-state index contributed by atoms with van der Waals surface area (Å²) in [4.78, 5) is 31.6. The minimum atomic E-state index is -0.231. The number of hydrogen-bond acceptors (Lipinski definition) is 4. The number of pyridine rings is 1. The highest BCUT2D eigenvalue weighted by Gasteiger charge is 2.30. The van der Waals surface area contributed by atoms with Crippen molar-refractivity contribution in [1.29, 1.82) is 0 Å². The number of likely N-dealkylation sites (tertiary alicyclic amines) is 1. The first-order valence-electron chi connectivity index (χ1n) is 10.1. The topological polar surface area (TPSA) is 91.0 Å². The number of H-pyrrole nitrogens is 1. The minimum absolute atomic E-state index is 0.0386. The van der Waals surface area contributed by atoms with Crippen molar-refractivity contribution in [3.63, 3.8) is 0 Å². The fourth-order valence-electron chi connectivity index (χ4n) is 3.77. The molecule has 1 aromatic carbocycles. The Kier molecular flexibility index (Phi) is 5.61. The van der Waals surface area contributed by atoms with Gasteiger partial charge < -0.3 is 10.2 Å². The second-order valence-electron chi connectivity index (χ2n) is 7.73. The highest BCUT2D eigenvalue weighted by molar-refractivity contribution is 5.96. The van der Waals surface area contributed by atoms with Gasteiger partial charge in [0.15, 0.2) is 0 Å². The molecule has 4 rings (SSSR count). The maximum atomic E-state index is 13.0. The van der Waals surface area contributed by atoms with E-state index < -0.39 is 0 Å². The number of nitrogens with zero attached hydrogens (tertiary/aromatic N) is 3. The molecule has 0 bridgehead atoms. The number of nitrogens with one attached hydrogen (secondary N) is 2. The van der Waals surface area contributed by atoms with Crippen molar-refractivity contribution in [1.82, 2.24) is 20.1 Å². The number of benzene rings is 1. The number of hydrogen-bond donors (Lipinski definition) is 2. The van der Waals surface area contributed by atoms with Crippen LogP contribution in [0.25, 0.3) is 11.3 Å². The summed E-state index contributed by atoms with van der Waals surface area (Å²) >= 11 is 0. The van der Waals surface area contributed by atoms with Crippen molar-refractivity contribution in [2.45, 2.75) is 26.7 Å². The SMILES string of the molecule is Cc1cccc(NC(=O)[C@H]2CCCN(C(=O)c3cc(-c4ccncc4)n[nH]3)C2)c1C. The van der Waals surface area contributed by atoms with Crippen molar-refractivity contribution < 1.29 is 9.59 Å². The van der Waals surface area contributed by atoms with Gasteiger partial charge in [0, 0.05) is 36.7 Å². The van der Waals surface area contributed by atoms with E-state index in [1.165, 1.54) is 0 Å². The monoisotopic (exact) mass is 403 g/mol. The summed E-state index contributed by atoms with van der Waals surface area (Å²) in [5, 5.41) is 10.1. The summed E-state index contributed by atoms with van der Waals surface area (Å²) in [6.07, 6.45) is 4.94. The molecule has 7 nitrogen and oxygen atoms in total. The summed E-state index contributed by atoms with van der Waals surface area (Å²) in [5.74, 6) is -0.402. The maximum absolute atomic E-state index is 13.0. The third kappa shape index (κ3) is 4.10. The van der Waals surface area contributed by atoms with Crippen LogP contribution in [0.4, 0.5) is 5.69 Å². The number of carbonyl (C=O) groups excluding carboxylic acids is 2. The molecule has 3 aromatic rings. The number of anilines is 1. The second-order valence-corrected chi connectivity index (χ2v) is 7.73. The lowest BCUT2D eigenvalue weighted by atomic mass is 9.96. The molecule has 7 heteroatoms. The molecular formula is C23H25N5O2. The minimum Gasteiger partial charge on any atom is -0.337 e. The van der Waals surface area contributed by atoms with E-state index in [4.69, 9.17) is 0 Å². The van der Waals surface area contributed by atoms with Crippen molar-refractivity contribution in [3.8, 4) is 11.3 Å². The molecule has 3 heterocycles. The molecular weight excluding hydrogens is 378 g/mol. The molecule has 2 aromatic heterocycles. The zero-order valence-corrected chi connectivity index (χ0v) is 17.2. The molecule has 30 heavy (non-hydrogen) atoms. The van der Waals surface area contributed by atoms with E-state index in [1.807, 2.05) is 44.2 Å². The zero-order valence-electron chi connectivity index (χ0n) is 17.2. The largest absolute Gasteiger partial charge is 0.337 e. The highest BCUT2D eigenvalue weighted by atomic mass is 16.2. The summed E-state index contributed by atoms with van der Waals surface area (Å²) in [5.41, 5.74) is 5.05. The number of rotatable bonds is 4. The predicted octanol–water partition coefficient (Wildman–Crippen LogP) is 3.58. The van der Waals surface area contributed by atoms with Gasteiger partial charge in [0.05, 0.1) is 11.6 Å². The van der Waals surface area contributed by atoms with Gasteiger partial charge >= 0.3 is 0 Å².